The van der Waals surface area contributed by atoms with Crippen LogP contribution >= 0.6 is 0 Å². The predicted octanol–water partition coefficient (Wildman–Crippen LogP) is 3.91. The molecule has 1 amide bonds. The number of carbonyl (C=O) groups excluding carboxylic acids is 1. The lowest BCUT2D eigenvalue weighted by atomic mass is 10.1. The van der Waals surface area contributed by atoms with Gasteiger partial charge in [-0.15, -0.1) is 0 Å². The first kappa shape index (κ1) is 15.6. The van der Waals surface area contributed by atoms with Crippen molar-refractivity contribution in [1.82, 2.24) is 15.3 Å². The third-order valence-electron chi connectivity index (χ3n) is 4.35. The molecule has 0 radical (unpaired) electrons. The number of benzene rings is 2. The Morgan fingerprint density at radius 3 is 2.72 bits per heavy atom. The average Bonchev–Trinajstić information content (AvgIpc) is 3.38. The van der Waals surface area contributed by atoms with Crippen molar-refractivity contribution in [3.63, 3.8) is 0 Å². The lowest BCUT2D eigenvalue weighted by molar-refractivity contribution is -0.122. The Morgan fingerprint density at radius 1 is 1.16 bits per heavy atom. The number of aromatic nitrogens is 2. The quantitative estimate of drug-likeness (QED) is 0.743. The van der Waals surface area contributed by atoms with Gasteiger partial charge in [0.2, 0.25) is 5.91 Å². The molecule has 1 aliphatic carbocycles. The van der Waals surface area contributed by atoms with Gasteiger partial charge in [-0.25, -0.2) is 9.37 Å². The molecule has 1 heterocycles. The fraction of sp³-hybridized carbons (Fsp3) is 0.200. The van der Waals surface area contributed by atoms with Gasteiger partial charge in [-0.2, -0.15) is 0 Å². The Morgan fingerprint density at radius 2 is 1.96 bits per heavy atom. The van der Waals surface area contributed by atoms with E-state index in [9.17, 15) is 9.18 Å². The van der Waals surface area contributed by atoms with Crippen LogP contribution in [0.25, 0.3) is 22.6 Å². The standard InChI is InChI=1S/C20H18FN3O/c21-17-8-6-14(7-9-17)18-12-22-19(24-18)16-3-1-2-13(10-16)11-23-20(25)15-4-5-15/h1-3,6-10,12,15H,4-5,11H2,(H,22,24)(H,23,25). The van der Waals surface area contributed by atoms with Crippen molar-refractivity contribution < 1.29 is 9.18 Å². The van der Waals surface area contributed by atoms with Crippen LogP contribution in [0, 0.1) is 11.7 Å². The first-order valence-corrected chi connectivity index (χ1v) is 8.37. The van der Waals surface area contributed by atoms with E-state index in [1.54, 1.807) is 18.3 Å². The predicted molar refractivity (Wildman–Crippen MR) is 94.0 cm³/mol. The molecule has 126 valence electrons. The maximum Gasteiger partial charge on any atom is 0.223 e. The van der Waals surface area contributed by atoms with Crippen molar-refractivity contribution in [1.29, 1.82) is 0 Å². The van der Waals surface area contributed by atoms with Crippen molar-refractivity contribution in [2.75, 3.05) is 0 Å². The van der Waals surface area contributed by atoms with E-state index in [1.165, 1.54) is 12.1 Å². The Kier molecular flexibility index (Phi) is 4.06. The maximum atomic E-state index is 13.0. The van der Waals surface area contributed by atoms with E-state index in [1.807, 2.05) is 24.3 Å². The van der Waals surface area contributed by atoms with E-state index in [4.69, 9.17) is 0 Å². The van der Waals surface area contributed by atoms with Crippen LogP contribution in [0.4, 0.5) is 4.39 Å². The molecular weight excluding hydrogens is 317 g/mol. The largest absolute Gasteiger partial charge is 0.352 e. The fourth-order valence-corrected chi connectivity index (χ4v) is 2.75. The minimum atomic E-state index is -0.260. The van der Waals surface area contributed by atoms with Crippen LogP contribution in [0.15, 0.2) is 54.7 Å². The summed E-state index contributed by atoms with van der Waals surface area (Å²) in [5.74, 6) is 0.840. The van der Waals surface area contributed by atoms with Gasteiger partial charge in [0.25, 0.3) is 0 Å². The molecule has 25 heavy (non-hydrogen) atoms. The molecule has 1 aromatic heterocycles. The number of hydrogen-bond acceptors (Lipinski definition) is 2. The van der Waals surface area contributed by atoms with Gasteiger partial charge >= 0.3 is 0 Å². The lowest BCUT2D eigenvalue weighted by Gasteiger charge is -2.06. The Balaban J connectivity index is 1.50. The molecule has 4 nitrogen and oxygen atoms in total. The third kappa shape index (κ3) is 3.60. The van der Waals surface area contributed by atoms with Crippen molar-refractivity contribution in [2.45, 2.75) is 19.4 Å². The van der Waals surface area contributed by atoms with Crippen molar-refractivity contribution in [2.24, 2.45) is 5.92 Å². The molecule has 3 aromatic rings. The second-order valence-corrected chi connectivity index (χ2v) is 6.34. The van der Waals surface area contributed by atoms with Crippen LogP contribution in [0.2, 0.25) is 0 Å². The zero-order valence-electron chi connectivity index (χ0n) is 13.6. The summed E-state index contributed by atoms with van der Waals surface area (Å²) in [6.45, 7) is 0.523. The molecule has 0 unspecified atom stereocenters. The summed E-state index contributed by atoms with van der Waals surface area (Å²) in [4.78, 5) is 19.4. The van der Waals surface area contributed by atoms with E-state index in [-0.39, 0.29) is 17.6 Å². The maximum absolute atomic E-state index is 13.0. The molecule has 5 heteroatoms. The van der Waals surface area contributed by atoms with Crippen LogP contribution in [-0.2, 0) is 11.3 Å². The number of rotatable bonds is 5. The number of H-pyrrole nitrogens is 1. The fourth-order valence-electron chi connectivity index (χ4n) is 2.75. The summed E-state index contributed by atoms with van der Waals surface area (Å²) in [6, 6.07) is 14.2. The third-order valence-corrected chi connectivity index (χ3v) is 4.35. The number of nitrogens with one attached hydrogen (secondary N) is 2. The smallest absolute Gasteiger partial charge is 0.223 e. The number of imidazole rings is 1. The summed E-state index contributed by atoms with van der Waals surface area (Å²) in [5, 5.41) is 2.97. The van der Waals surface area contributed by atoms with Crippen LogP contribution in [0.1, 0.15) is 18.4 Å². The van der Waals surface area contributed by atoms with Crippen LogP contribution in [-0.4, -0.2) is 15.9 Å². The average molecular weight is 335 g/mol. The molecule has 0 spiro atoms. The second kappa shape index (κ2) is 6.51. The van der Waals surface area contributed by atoms with Crippen LogP contribution in [0.5, 0.6) is 0 Å². The molecule has 0 atom stereocenters. The lowest BCUT2D eigenvalue weighted by Crippen LogP contribution is -2.24. The molecule has 1 fully saturated rings. The van der Waals surface area contributed by atoms with E-state index in [0.29, 0.717) is 6.54 Å². The molecule has 0 aliphatic heterocycles. The second-order valence-electron chi connectivity index (χ2n) is 6.34. The van der Waals surface area contributed by atoms with E-state index >= 15 is 0 Å². The van der Waals surface area contributed by atoms with E-state index in [2.05, 4.69) is 15.3 Å². The van der Waals surface area contributed by atoms with E-state index in [0.717, 1.165) is 41.1 Å². The number of amides is 1. The summed E-state index contributed by atoms with van der Waals surface area (Å²) in [5.41, 5.74) is 3.70. The highest BCUT2D eigenvalue weighted by Gasteiger charge is 2.29. The zero-order chi connectivity index (χ0) is 17.2. The highest BCUT2D eigenvalue weighted by atomic mass is 19.1. The summed E-state index contributed by atoms with van der Waals surface area (Å²) in [6.07, 6.45) is 3.75. The topological polar surface area (TPSA) is 57.8 Å². The molecule has 1 saturated carbocycles. The van der Waals surface area contributed by atoms with E-state index < -0.39 is 0 Å². The van der Waals surface area contributed by atoms with Gasteiger partial charge in [0.05, 0.1) is 11.9 Å². The van der Waals surface area contributed by atoms with Gasteiger partial charge in [-0.1, -0.05) is 18.2 Å². The van der Waals surface area contributed by atoms with Crippen LogP contribution < -0.4 is 5.32 Å². The van der Waals surface area contributed by atoms with Gasteiger partial charge in [-0.3, -0.25) is 4.79 Å². The summed E-state index contributed by atoms with van der Waals surface area (Å²) in [7, 11) is 0. The van der Waals surface area contributed by atoms with Crippen molar-refractivity contribution >= 4 is 5.91 Å². The highest BCUT2D eigenvalue weighted by Crippen LogP contribution is 2.29. The monoisotopic (exact) mass is 335 g/mol. The van der Waals surface area contributed by atoms with Gasteiger partial charge in [0, 0.05) is 18.0 Å². The number of aromatic amines is 1. The first-order chi connectivity index (χ1) is 12.2. The van der Waals surface area contributed by atoms with Crippen molar-refractivity contribution in [3.8, 4) is 22.6 Å². The molecule has 0 saturated heterocycles. The Bertz CT molecular complexity index is 897. The SMILES string of the molecule is O=C(NCc1cccc(-c2ncc(-c3ccc(F)cc3)[nH]2)c1)C1CC1. The molecule has 4 rings (SSSR count). The molecule has 0 bridgehead atoms. The van der Waals surface area contributed by atoms with Gasteiger partial charge in [-0.05, 0) is 54.3 Å². The normalized spacial score (nSPS) is 13.6. The van der Waals surface area contributed by atoms with Gasteiger partial charge in [0.1, 0.15) is 11.6 Å². The summed E-state index contributed by atoms with van der Waals surface area (Å²) >= 11 is 0. The number of hydrogen-bond donors (Lipinski definition) is 2. The minimum absolute atomic E-state index is 0.141. The molecule has 2 N–H and O–H groups in total. The first-order valence-electron chi connectivity index (χ1n) is 8.37. The molecular formula is C20H18FN3O. The Labute approximate surface area is 145 Å². The number of carbonyl (C=O) groups is 1. The summed E-state index contributed by atoms with van der Waals surface area (Å²) < 4.78 is 13.0. The van der Waals surface area contributed by atoms with Crippen LogP contribution in [0.3, 0.4) is 0 Å². The van der Waals surface area contributed by atoms with Gasteiger partial charge in [0.15, 0.2) is 0 Å². The van der Waals surface area contributed by atoms with Gasteiger partial charge < -0.3 is 10.3 Å². The molecule has 1 aliphatic rings. The number of nitrogens with zero attached hydrogens (tertiary/aromatic N) is 1. The molecule has 2 aromatic carbocycles. The number of halogens is 1. The Hall–Kier alpha value is -2.95. The highest BCUT2D eigenvalue weighted by molar-refractivity contribution is 5.80. The van der Waals surface area contributed by atoms with Crippen molar-refractivity contribution in [3.05, 3.63) is 66.1 Å². The zero-order valence-corrected chi connectivity index (χ0v) is 13.6. The minimum Gasteiger partial charge on any atom is -0.352 e.